The molecule has 1 N–H and O–H groups in total. The number of hydrogen-bond acceptors (Lipinski definition) is 4. The van der Waals surface area contributed by atoms with Crippen molar-refractivity contribution in [1.29, 1.82) is 0 Å². The average molecular weight is 495 g/mol. The molecule has 34 heavy (non-hydrogen) atoms. The van der Waals surface area contributed by atoms with E-state index in [1.54, 1.807) is 18.2 Å². The van der Waals surface area contributed by atoms with Crippen molar-refractivity contribution in [3.63, 3.8) is 0 Å². The number of carbonyl (C=O) groups excluding carboxylic acids is 1. The molecule has 4 rings (SSSR count). The van der Waals surface area contributed by atoms with E-state index in [1.807, 2.05) is 20.8 Å². The van der Waals surface area contributed by atoms with Gasteiger partial charge in [0.25, 0.3) is 10.0 Å². The topological polar surface area (TPSA) is 84.3 Å². The predicted octanol–water partition coefficient (Wildman–Crippen LogP) is 4.53. The highest BCUT2D eigenvalue weighted by molar-refractivity contribution is 7.89. The highest BCUT2D eigenvalue weighted by atomic mass is 32.2. The maximum atomic E-state index is 13.6. The van der Waals surface area contributed by atoms with Crippen LogP contribution in [0.25, 0.3) is 11.0 Å². The minimum atomic E-state index is -3.81. The maximum absolute atomic E-state index is 13.6. The lowest BCUT2D eigenvalue weighted by atomic mass is 9.86. The SMILES string of the molecule is CC(=O)NC1=CN(S(=O)(=O)c2ccc3c(c2)nc(C(C)(C)C)n3CC2CCC(F)(F)CC2)CC1. The summed E-state index contributed by atoms with van der Waals surface area (Å²) in [5.74, 6) is -1.88. The lowest BCUT2D eigenvalue weighted by molar-refractivity contribution is -0.118. The molecule has 2 aliphatic rings. The third-order valence-electron chi connectivity index (χ3n) is 6.51. The van der Waals surface area contributed by atoms with Crippen LogP contribution in [0.15, 0.2) is 35.0 Å². The van der Waals surface area contributed by atoms with Gasteiger partial charge in [-0.05, 0) is 37.0 Å². The lowest BCUT2D eigenvalue weighted by Gasteiger charge is -2.30. The molecule has 0 bridgehead atoms. The number of sulfonamides is 1. The highest BCUT2D eigenvalue weighted by Crippen LogP contribution is 2.38. The van der Waals surface area contributed by atoms with Crippen LogP contribution < -0.4 is 5.32 Å². The quantitative estimate of drug-likeness (QED) is 0.662. The van der Waals surface area contributed by atoms with Gasteiger partial charge in [0.15, 0.2) is 0 Å². The van der Waals surface area contributed by atoms with Crippen molar-refractivity contribution in [2.75, 3.05) is 6.54 Å². The standard InChI is InChI=1S/C24H32F2N4O3S/c1-16(31)27-18-9-12-29(15-18)34(32,33)19-5-6-21-20(13-19)28-22(23(2,3)4)30(21)14-17-7-10-24(25,26)11-8-17/h5-6,13,15,17H,7-12,14H2,1-4H3,(H,27,31). The molecule has 7 nitrogen and oxygen atoms in total. The van der Waals surface area contributed by atoms with Crippen molar-refractivity contribution in [3.8, 4) is 0 Å². The number of nitrogens with one attached hydrogen (secondary N) is 1. The van der Waals surface area contributed by atoms with Crippen LogP contribution in [0.1, 0.15) is 65.6 Å². The maximum Gasteiger partial charge on any atom is 0.263 e. The monoisotopic (exact) mass is 494 g/mol. The van der Waals surface area contributed by atoms with Crippen LogP contribution in [0.3, 0.4) is 0 Å². The Morgan fingerprint density at radius 1 is 1.24 bits per heavy atom. The van der Waals surface area contributed by atoms with E-state index >= 15 is 0 Å². The van der Waals surface area contributed by atoms with Gasteiger partial charge >= 0.3 is 0 Å². The van der Waals surface area contributed by atoms with Crippen molar-refractivity contribution in [2.45, 2.75) is 82.6 Å². The molecule has 1 aromatic carbocycles. The van der Waals surface area contributed by atoms with Crippen LogP contribution in [-0.2, 0) is 26.8 Å². The number of fused-ring (bicyclic) bond motifs is 1. The summed E-state index contributed by atoms with van der Waals surface area (Å²) < 4.78 is 57.1. The number of hydrogen-bond donors (Lipinski definition) is 1. The van der Waals surface area contributed by atoms with Gasteiger partial charge in [-0.2, -0.15) is 0 Å². The van der Waals surface area contributed by atoms with Crippen molar-refractivity contribution in [2.24, 2.45) is 5.92 Å². The zero-order valence-electron chi connectivity index (χ0n) is 20.1. The molecule has 1 aliphatic carbocycles. The average Bonchev–Trinajstić information content (AvgIpc) is 3.34. The highest BCUT2D eigenvalue weighted by Gasteiger charge is 2.36. The zero-order chi connectivity index (χ0) is 24.9. The Bertz CT molecular complexity index is 1230. The van der Waals surface area contributed by atoms with Crippen LogP contribution in [0.5, 0.6) is 0 Å². The van der Waals surface area contributed by atoms with Gasteiger partial charge in [-0.3, -0.25) is 9.10 Å². The van der Waals surface area contributed by atoms with Crippen LogP contribution in [0.4, 0.5) is 8.78 Å². The van der Waals surface area contributed by atoms with Gasteiger partial charge in [-0.25, -0.2) is 22.2 Å². The van der Waals surface area contributed by atoms with Gasteiger partial charge in [-0.1, -0.05) is 20.8 Å². The second-order valence-electron chi connectivity index (χ2n) is 10.4. The van der Waals surface area contributed by atoms with Crippen molar-refractivity contribution in [1.82, 2.24) is 19.2 Å². The Morgan fingerprint density at radius 3 is 2.53 bits per heavy atom. The molecule has 1 amide bonds. The summed E-state index contributed by atoms with van der Waals surface area (Å²) in [5, 5.41) is 2.65. The molecular weight excluding hydrogens is 462 g/mol. The van der Waals surface area contributed by atoms with E-state index in [4.69, 9.17) is 4.98 Å². The predicted molar refractivity (Wildman–Crippen MR) is 126 cm³/mol. The molecule has 186 valence electrons. The fourth-order valence-electron chi connectivity index (χ4n) is 4.75. The Kier molecular flexibility index (Phi) is 6.25. The zero-order valence-corrected chi connectivity index (χ0v) is 20.9. The smallest absolute Gasteiger partial charge is 0.263 e. The van der Waals surface area contributed by atoms with Gasteiger partial charge in [0.05, 0.1) is 15.9 Å². The number of halogens is 2. The molecule has 2 aromatic rings. The minimum Gasteiger partial charge on any atom is -0.328 e. The lowest BCUT2D eigenvalue weighted by Crippen LogP contribution is -2.28. The normalized spacial score (nSPS) is 19.5. The first-order chi connectivity index (χ1) is 15.8. The van der Waals surface area contributed by atoms with E-state index in [9.17, 15) is 22.0 Å². The molecule has 1 fully saturated rings. The van der Waals surface area contributed by atoms with E-state index in [-0.39, 0.29) is 41.5 Å². The summed E-state index contributed by atoms with van der Waals surface area (Å²) in [4.78, 5) is 16.2. The van der Waals surface area contributed by atoms with E-state index < -0.39 is 15.9 Å². The third-order valence-corrected chi connectivity index (χ3v) is 8.27. The largest absolute Gasteiger partial charge is 0.328 e. The summed E-state index contributed by atoms with van der Waals surface area (Å²) in [6, 6.07) is 4.91. The van der Waals surface area contributed by atoms with Crippen molar-refractivity contribution < 1.29 is 22.0 Å². The second kappa shape index (κ2) is 8.62. The third kappa shape index (κ3) is 4.96. The number of carbonyl (C=O) groups is 1. The minimum absolute atomic E-state index is 0.0959. The van der Waals surface area contributed by atoms with E-state index in [0.29, 0.717) is 37.0 Å². The molecule has 0 atom stereocenters. The number of nitrogens with zero attached hydrogens (tertiary/aromatic N) is 3. The number of rotatable bonds is 5. The molecule has 0 saturated heterocycles. The van der Waals surface area contributed by atoms with Gasteiger partial charge in [-0.15, -0.1) is 0 Å². The molecule has 0 radical (unpaired) electrons. The Morgan fingerprint density at radius 2 is 1.91 bits per heavy atom. The van der Waals surface area contributed by atoms with Crippen LogP contribution in [-0.4, -0.2) is 40.6 Å². The van der Waals surface area contributed by atoms with E-state index in [1.165, 1.54) is 17.4 Å². The first kappa shape index (κ1) is 24.6. The van der Waals surface area contributed by atoms with Crippen LogP contribution in [0.2, 0.25) is 0 Å². The summed E-state index contributed by atoms with van der Waals surface area (Å²) in [5.41, 5.74) is 1.63. The van der Waals surface area contributed by atoms with Crippen molar-refractivity contribution >= 4 is 27.0 Å². The molecule has 1 aromatic heterocycles. The van der Waals surface area contributed by atoms with Crippen LogP contribution >= 0.6 is 0 Å². The van der Waals surface area contributed by atoms with E-state index in [0.717, 1.165) is 11.3 Å². The number of imidazole rings is 1. The second-order valence-corrected chi connectivity index (χ2v) is 12.3. The molecular formula is C24H32F2N4O3S. The Hall–Kier alpha value is -2.49. The Balaban J connectivity index is 1.67. The van der Waals surface area contributed by atoms with Gasteiger partial charge in [0.2, 0.25) is 11.8 Å². The van der Waals surface area contributed by atoms with E-state index in [2.05, 4.69) is 9.88 Å². The molecule has 10 heteroatoms. The molecule has 2 heterocycles. The number of alkyl halides is 2. The number of amides is 1. The van der Waals surface area contributed by atoms with Gasteiger partial charge < -0.3 is 9.88 Å². The Labute approximate surface area is 199 Å². The fourth-order valence-corrected chi connectivity index (χ4v) is 6.12. The summed E-state index contributed by atoms with van der Waals surface area (Å²) in [7, 11) is -3.81. The summed E-state index contributed by atoms with van der Waals surface area (Å²) >= 11 is 0. The van der Waals surface area contributed by atoms with Gasteiger partial charge in [0, 0.05) is 56.6 Å². The fraction of sp³-hybridized carbons (Fsp3) is 0.583. The molecule has 0 spiro atoms. The number of aromatic nitrogens is 2. The van der Waals surface area contributed by atoms with Crippen LogP contribution in [0, 0.1) is 5.92 Å². The van der Waals surface area contributed by atoms with Gasteiger partial charge in [0.1, 0.15) is 5.82 Å². The first-order valence-electron chi connectivity index (χ1n) is 11.6. The summed E-state index contributed by atoms with van der Waals surface area (Å²) in [6.45, 7) is 8.33. The van der Waals surface area contributed by atoms with Crippen molar-refractivity contribution in [3.05, 3.63) is 35.9 Å². The first-order valence-corrected chi connectivity index (χ1v) is 13.1. The molecule has 1 saturated carbocycles. The summed E-state index contributed by atoms with van der Waals surface area (Å²) in [6.07, 6.45) is 2.62. The molecule has 1 aliphatic heterocycles. The number of benzene rings is 1. The molecule has 0 unspecified atom stereocenters.